The van der Waals surface area contributed by atoms with Crippen molar-refractivity contribution in [3.8, 4) is 5.69 Å². The zero-order valence-corrected chi connectivity index (χ0v) is 19.3. The molecule has 3 aromatic rings. The fraction of sp³-hybridized carbons (Fsp3) is 0.520. The van der Waals surface area contributed by atoms with Gasteiger partial charge >= 0.3 is 0 Å². The number of anilines is 1. The number of hydrogen-bond acceptors (Lipinski definition) is 5. The number of nitrogens with zero attached hydrogens (tertiary/aromatic N) is 6. The molecule has 1 aliphatic heterocycles. The van der Waals surface area contributed by atoms with Gasteiger partial charge in [0.1, 0.15) is 11.6 Å². The molecule has 7 heteroatoms. The predicted octanol–water partition coefficient (Wildman–Crippen LogP) is 4.39. The molecule has 0 bridgehead atoms. The first-order valence-electron chi connectivity index (χ1n) is 12.0. The minimum atomic E-state index is 0.289. The average Bonchev–Trinajstić information content (AvgIpc) is 3.08. The fourth-order valence-electron chi connectivity index (χ4n) is 4.33. The van der Waals surface area contributed by atoms with E-state index in [0.29, 0.717) is 6.42 Å². The molecule has 7 nitrogen and oxygen atoms in total. The van der Waals surface area contributed by atoms with Crippen LogP contribution in [-0.2, 0) is 11.2 Å². The summed E-state index contributed by atoms with van der Waals surface area (Å²) in [5, 5.41) is 5.62. The normalized spacial score (nSPS) is 14.7. The second kappa shape index (κ2) is 10.6. The van der Waals surface area contributed by atoms with Crippen LogP contribution in [0.5, 0.6) is 0 Å². The summed E-state index contributed by atoms with van der Waals surface area (Å²) in [4.78, 5) is 26.8. The summed E-state index contributed by atoms with van der Waals surface area (Å²) in [5.74, 6) is 2.09. The van der Waals surface area contributed by atoms with Gasteiger partial charge in [-0.05, 0) is 31.4 Å². The third-order valence-electron chi connectivity index (χ3n) is 6.07. The highest BCUT2D eigenvalue weighted by Crippen LogP contribution is 2.27. The average molecular weight is 435 g/mol. The zero-order chi connectivity index (χ0) is 22.3. The fourth-order valence-corrected chi connectivity index (χ4v) is 4.33. The molecule has 0 atom stereocenters. The molecule has 170 valence electrons. The van der Waals surface area contributed by atoms with Crippen molar-refractivity contribution in [1.82, 2.24) is 24.6 Å². The number of para-hydroxylation sites is 1. The lowest BCUT2D eigenvalue weighted by molar-refractivity contribution is -0.131. The van der Waals surface area contributed by atoms with Crippen LogP contribution in [-0.4, -0.2) is 56.7 Å². The molecule has 0 unspecified atom stereocenters. The van der Waals surface area contributed by atoms with E-state index in [2.05, 4.69) is 23.8 Å². The summed E-state index contributed by atoms with van der Waals surface area (Å²) in [7, 11) is 0. The summed E-state index contributed by atoms with van der Waals surface area (Å²) in [6.45, 7) is 7.55. The van der Waals surface area contributed by atoms with Gasteiger partial charge in [0.2, 0.25) is 5.91 Å². The molecule has 1 aromatic carbocycles. The molecular weight excluding hydrogens is 400 g/mol. The summed E-state index contributed by atoms with van der Waals surface area (Å²) in [6.07, 6.45) is 8.56. The summed E-state index contributed by atoms with van der Waals surface area (Å²) in [5.41, 5.74) is 1.84. The van der Waals surface area contributed by atoms with Gasteiger partial charge in [0.25, 0.3) is 0 Å². The van der Waals surface area contributed by atoms with Gasteiger partial charge < -0.3 is 9.80 Å². The predicted molar refractivity (Wildman–Crippen MR) is 128 cm³/mol. The van der Waals surface area contributed by atoms with E-state index in [-0.39, 0.29) is 5.91 Å². The standard InChI is InChI=1S/C25H34N6O/c1-3-5-7-14-23(32)29-15-10-16-30(18-17-29)24-21-19-26-31(20-12-8-6-9-13-20)25(21)28-22(27-24)11-4-2/h6,8-9,12-13,19H,3-5,7,10-11,14-18H2,1-2H3. The molecule has 0 aliphatic carbocycles. The number of carbonyl (C=O) groups is 1. The summed E-state index contributed by atoms with van der Waals surface area (Å²) >= 11 is 0. The van der Waals surface area contributed by atoms with Crippen LogP contribution in [0.2, 0.25) is 0 Å². The van der Waals surface area contributed by atoms with Crippen molar-refractivity contribution in [3.05, 3.63) is 42.4 Å². The number of carbonyl (C=O) groups excluding carboxylic acids is 1. The van der Waals surface area contributed by atoms with Crippen LogP contribution in [0.1, 0.15) is 58.2 Å². The molecule has 0 spiro atoms. The van der Waals surface area contributed by atoms with Crippen molar-refractivity contribution in [2.45, 2.75) is 58.8 Å². The van der Waals surface area contributed by atoms with Crippen molar-refractivity contribution in [3.63, 3.8) is 0 Å². The molecule has 1 saturated heterocycles. The number of hydrogen-bond donors (Lipinski definition) is 0. The number of benzene rings is 1. The Morgan fingerprint density at radius 1 is 0.969 bits per heavy atom. The highest BCUT2D eigenvalue weighted by molar-refractivity contribution is 5.88. The van der Waals surface area contributed by atoms with Crippen molar-refractivity contribution in [2.75, 3.05) is 31.1 Å². The molecule has 3 heterocycles. The number of fused-ring (bicyclic) bond motifs is 1. The molecule has 0 N–H and O–H groups in total. The Morgan fingerprint density at radius 3 is 2.59 bits per heavy atom. The monoisotopic (exact) mass is 434 g/mol. The molecule has 0 radical (unpaired) electrons. The van der Waals surface area contributed by atoms with Crippen LogP contribution in [0.3, 0.4) is 0 Å². The van der Waals surface area contributed by atoms with Crippen LogP contribution in [0.15, 0.2) is 36.5 Å². The first-order chi connectivity index (χ1) is 15.7. The number of aromatic nitrogens is 4. The number of amides is 1. The van der Waals surface area contributed by atoms with Gasteiger partial charge in [-0.1, -0.05) is 44.9 Å². The molecule has 0 saturated carbocycles. The first kappa shape index (κ1) is 22.2. The third kappa shape index (κ3) is 4.92. The van der Waals surface area contributed by atoms with E-state index in [1.165, 1.54) is 0 Å². The van der Waals surface area contributed by atoms with Crippen molar-refractivity contribution in [1.29, 1.82) is 0 Å². The van der Waals surface area contributed by atoms with E-state index in [4.69, 9.17) is 9.97 Å². The Morgan fingerprint density at radius 2 is 1.81 bits per heavy atom. The van der Waals surface area contributed by atoms with Crippen LogP contribution in [0, 0.1) is 0 Å². The van der Waals surface area contributed by atoms with Crippen LogP contribution in [0.4, 0.5) is 5.82 Å². The first-order valence-corrected chi connectivity index (χ1v) is 12.0. The van der Waals surface area contributed by atoms with Crippen molar-refractivity contribution < 1.29 is 4.79 Å². The van der Waals surface area contributed by atoms with E-state index >= 15 is 0 Å². The molecule has 4 rings (SSSR count). The maximum atomic E-state index is 12.6. The van der Waals surface area contributed by atoms with Crippen LogP contribution < -0.4 is 4.90 Å². The van der Waals surface area contributed by atoms with Gasteiger partial charge in [0.05, 0.1) is 17.3 Å². The highest BCUT2D eigenvalue weighted by atomic mass is 16.2. The van der Waals surface area contributed by atoms with Gasteiger partial charge in [-0.3, -0.25) is 4.79 Å². The maximum Gasteiger partial charge on any atom is 0.222 e. The minimum Gasteiger partial charge on any atom is -0.354 e. The summed E-state index contributed by atoms with van der Waals surface area (Å²) < 4.78 is 1.90. The number of rotatable bonds is 8. The quantitative estimate of drug-likeness (QED) is 0.492. The van der Waals surface area contributed by atoms with Crippen LogP contribution >= 0.6 is 0 Å². The van der Waals surface area contributed by atoms with Gasteiger partial charge in [0.15, 0.2) is 5.65 Å². The Balaban J connectivity index is 1.61. The summed E-state index contributed by atoms with van der Waals surface area (Å²) in [6, 6.07) is 10.1. The molecule has 1 fully saturated rings. The second-order valence-corrected chi connectivity index (χ2v) is 8.52. The number of aryl methyl sites for hydroxylation is 1. The SMILES string of the molecule is CCCCCC(=O)N1CCCN(c2nc(CCC)nc3c2cnn3-c2ccccc2)CC1. The largest absolute Gasteiger partial charge is 0.354 e. The van der Waals surface area contributed by atoms with E-state index in [1.54, 1.807) is 0 Å². The zero-order valence-electron chi connectivity index (χ0n) is 19.3. The van der Waals surface area contributed by atoms with Crippen LogP contribution in [0.25, 0.3) is 16.7 Å². The van der Waals surface area contributed by atoms with E-state index in [1.807, 2.05) is 46.1 Å². The smallest absolute Gasteiger partial charge is 0.222 e. The molecule has 2 aromatic heterocycles. The van der Waals surface area contributed by atoms with E-state index in [0.717, 1.165) is 93.1 Å². The maximum absolute atomic E-state index is 12.6. The number of unbranched alkanes of at least 4 members (excludes halogenated alkanes) is 2. The van der Waals surface area contributed by atoms with Gasteiger partial charge in [-0.15, -0.1) is 0 Å². The van der Waals surface area contributed by atoms with Gasteiger partial charge in [0, 0.05) is 39.0 Å². The lowest BCUT2D eigenvalue weighted by Crippen LogP contribution is -2.35. The molecule has 32 heavy (non-hydrogen) atoms. The lowest BCUT2D eigenvalue weighted by atomic mass is 10.2. The van der Waals surface area contributed by atoms with E-state index < -0.39 is 0 Å². The molecule has 1 aliphatic rings. The Kier molecular flexibility index (Phi) is 7.35. The molecule has 1 amide bonds. The van der Waals surface area contributed by atoms with Crippen molar-refractivity contribution >= 4 is 22.8 Å². The van der Waals surface area contributed by atoms with Gasteiger partial charge in [-0.2, -0.15) is 5.10 Å². The third-order valence-corrected chi connectivity index (χ3v) is 6.07. The van der Waals surface area contributed by atoms with Gasteiger partial charge in [-0.25, -0.2) is 14.6 Å². The minimum absolute atomic E-state index is 0.289. The Labute approximate surface area is 190 Å². The Bertz CT molecular complexity index is 1030. The Hall–Kier alpha value is -2.96. The van der Waals surface area contributed by atoms with Crippen molar-refractivity contribution in [2.24, 2.45) is 0 Å². The van der Waals surface area contributed by atoms with E-state index in [9.17, 15) is 4.79 Å². The lowest BCUT2D eigenvalue weighted by Gasteiger charge is -2.24. The molecular formula is C25H34N6O. The second-order valence-electron chi connectivity index (χ2n) is 8.52. The topological polar surface area (TPSA) is 67.2 Å². The highest BCUT2D eigenvalue weighted by Gasteiger charge is 2.23.